The fraction of sp³-hybridized carbons (Fsp3) is 0.333. The van der Waals surface area contributed by atoms with Crippen molar-refractivity contribution in [3.63, 3.8) is 0 Å². The van der Waals surface area contributed by atoms with E-state index in [0.29, 0.717) is 23.7 Å². The number of sulfonamides is 1. The van der Waals surface area contributed by atoms with E-state index in [9.17, 15) is 8.42 Å². The summed E-state index contributed by atoms with van der Waals surface area (Å²) < 4.78 is 26.5. The fourth-order valence-electron chi connectivity index (χ4n) is 1.65. The Kier molecular flexibility index (Phi) is 4.75. The highest BCUT2D eigenvalue weighted by Crippen LogP contribution is 2.25. The van der Waals surface area contributed by atoms with E-state index in [4.69, 9.17) is 5.73 Å². The van der Waals surface area contributed by atoms with Crippen LogP contribution in [-0.2, 0) is 23.0 Å². The van der Waals surface area contributed by atoms with Crippen molar-refractivity contribution in [3.8, 4) is 0 Å². The molecule has 7 heteroatoms. The predicted molar refractivity (Wildman–Crippen MR) is 80.0 cm³/mol. The van der Waals surface area contributed by atoms with Crippen LogP contribution in [0.15, 0.2) is 33.2 Å². The van der Waals surface area contributed by atoms with Gasteiger partial charge in [0.25, 0.3) is 10.0 Å². The lowest BCUT2D eigenvalue weighted by atomic mass is 10.3. The Morgan fingerprint density at radius 2 is 2.11 bits per heavy atom. The molecule has 0 atom stereocenters. The average molecular weight is 316 g/mol. The highest BCUT2D eigenvalue weighted by molar-refractivity contribution is 7.91. The minimum Gasteiger partial charge on any atom is -0.330 e. The zero-order chi connectivity index (χ0) is 13.9. The van der Waals surface area contributed by atoms with Crippen molar-refractivity contribution in [1.82, 2.24) is 4.31 Å². The molecule has 2 heterocycles. The second-order valence-corrected chi connectivity index (χ2v) is 8.37. The number of nitrogens with two attached hydrogens (primary N) is 1. The van der Waals surface area contributed by atoms with E-state index in [1.807, 2.05) is 22.9 Å². The van der Waals surface area contributed by atoms with Gasteiger partial charge >= 0.3 is 0 Å². The summed E-state index contributed by atoms with van der Waals surface area (Å²) in [6, 6.07) is 5.43. The highest BCUT2D eigenvalue weighted by Gasteiger charge is 2.22. The summed E-state index contributed by atoms with van der Waals surface area (Å²) in [7, 11) is -1.79. The van der Waals surface area contributed by atoms with Crippen molar-refractivity contribution in [2.75, 3.05) is 13.6 Å². The van der Waals surface area contributed by atoms with Crippen LogP contribution >= 0.6 is 22.7 Å². The summed E-state index contributed by atoms with van der Waals surface area (Å²) in [5.41, 5.74) is 6.49. The Labute approximate surface area is 121 Å². The maximum absolute atomic E-state index is 12.4. The minimum absolute atomic E-state index is 0.383. The van der Waals surface area contributed by atoms with Crippen molar-refractivity contribution in [2.24, 2.45) is 5.73 Å². The zero-order valence-electron chi connectivity index (χ0n) is 10.6. The van der Waals surface area contributed by atoms with Crippen molar-refractivity contribution in [1.29, 1.82) is 0 Å². The standard InChI is InChI=1S/C12H16N2O2S3/c1-14(8-10-5-7-17-9-10)19(15,16)12-3-2-11(18-12)4-6-13/h2-3,5,7,9H,4,6,8,13H2,1H3. The molecule has 0 amide bonds. The monoisotopic (exact) mass is 316 g/mol. The second-order valence-electron chi connectivity index (χ2n) is 4.15. The molecule has 0 spiro atoms. The lowest BCUT2D eigenvalue weighted by Crippen LogP contribution is -2.25. The van der Waals surface area contributed by atoms with Crippen LogP contribution in [0.1, 0.15) is 10.4 Å². The van der Waals surface area contributed by atoms with E-state index < -0.39 is 10.0 Å². The third-order valence-electron chi connectivity index (χ3n) is 2.68. The summed E-state index contributed by atoms with van der Waals surface area (Å²) in [6.07, 6.45) is 0.717. The van der Waals surface area contributed by atoms with Crippen LogP contribution in [0.25, 0.3) is 0 Å². The lowest BCUT2D eigenvalue weighted by molar-refractivity contribution is 0.469. The first-order valence-electron chi connectivity index (χ1n) is 5.80. The third-order valence-corrected chi connectivity index (χ3v) is 6.83. The largest absolute Gasteiger partial charge is 0.330 e. The van der Waals surface area contributed by atoms with Crippen LogP contribution < -0.4 is 5.73 Å². The van der Waals surface area contributed by atoms with Gasteiger partial charge in [0.05, 0.1) is 0 Å². The molecule has 0 fully saturated rings. The summed E-state index contributed by atoms with van der Waals surface area (Å²) in [5, 5.41) is 3.90. The number of rotatable bonds is 6. The Morgan fingerprint density at radius 3 is 2.74 bits per heavy atom. The summed E-state index contributed by atoms with van der Waals surface area (Å²) in [6.45, 7) is 0.931. The molecule has 0 aromatic carbocycles. The molecule has 2 rings (SSSR count). The highest BCUT2D eigenvalue weighted by atomic mass is 32.2. The van der Waals surface area contributed by atoms with Crippen molar-refractivity contribution in [3.05, 3.63) is 39.4 Å². The summed E-state index contributed by atoms with van der Waals surface area (Å²) in [5.74, 6) is 0. The van der Waals surface area contributed by atoms with E-state index in [0.717, 1.165) is 10.4 Å². The van der Waals surface area contributed by atoms with E-state index in [2.05, 4.69) is 0 Å². The maximum Gasteiger partial charge on any atom is 0.252 e. The molecule has 0 saturated heterocycles. The van der Waals surface area contributed by atoms with Crippen molar-refractivity contribution in [2.45, 2.75) is 17.2 Å². The molecule has 0 aliphatic carbocycles. The van der Waals surface area contributed by atoms with Gasteiger partial charge < -0.3 is 5.73 Å². The first-order valence-corrected chi connectivity index (χ1v) is 9.00. The van der Waals surface area contributed by atoms with Crippen molar-refractivity contribution >= 4 is 32.7 Å². The van der Waals surface area contributed by atoms with Gasteiger partial charge in [0.15, 0.2) is 0 Å². The number of hydrogen-bond acceptors (Lipinski definition) is 5. The smallest absolute Gasteiger partial charge is 0.252 e. The molecule has 4 nitrogen and oxygen atoms in total. The molecular formula is C12H16N2O2S3. The van der Waals surface area contributed by atoms with Crippen LogP contribution in [0.4, 0.5) is 0 Å². The van der Waals surface area contributed by atoms with Crippen LogP contribution in [0.2, 0.25) is 0 Å². The molecule has 2 N–H and O–H groups in total. The summed E-state index contributed by atoms with van der Waals surface area (Å²) >= 11 is 2.86. The minimum atomic E-state index is -3.40. The second kappa shape index (κ2) is 6.15. The molecule has 0 radical (unpaired) electrons. The van der Waals surface area contributed by atoms with Gasteiger partial charge in [0.2, 0.25) is 0 Å². The van der Waals surface area contributed by atoms with Gasteiger partial charge in [-0.1, -0.05) is 0 Å². The molecular weight excluding hydrogens is 300 g/mol. The fourth-order valence-corrected chi connectivity index (χ4v) is 5.05. The molecule has 0 saturated carbocycles. The molecule has 19 heavy (non-hydrogen) atoms. The molecule has 0 bridgehead atoms. The van der Waals surface area contributed by atoms with Gasteiger partial charge in [-0.05, 0) is 47.5 Å². The Bertz CT molecular complexity index is 617. The molecule has 0 aliphatic heterocycles. The first-order chi connectivity index (χ1) is 9.04. The van der Waals surface area contributed by atoms with Gasteiger partial charge in [-0.2, -0.15) is 15.6 Å². The molecule has 2 aromatic heterocycles. The first kappa shape index (κ1) is 14.7. The number of thiophene rings is 2. The number of nitrogens with zero attached hydrogens (tertiary/aromatic N) is 1. The zero-order valence-corrected chi connectivity index (χ0v) is 13.0. The lowest BCUT2D eigenvalue weighted by Gasteiger charge is -2.15. The molecule has 104 valence electrons. The Hall–Kier alpha value is -0.730. The van der Waals surface area contributed by atoms with Crippen LogP contribution in [0, 0.1) is 0 Å². The maximum atomic E-state index is 12.4. The van der Waals surface area contributed by atoms with Gasteiger partial charge in [0, 0.05) is 18.5 Å². The summed E-state index contributed by atoms with van der Waals surface area (Å²) in [4.78, 5) is 1.00. The van der Waals surface area contributed by atoms with Gasteiger partial charge in [-0.15, -0.1) is 11.3 Å². The topological polar surface area (TPSA) is 63.4 Å². The van der Waals surface area contributed by atoms with Crippen LogP contribution in [0.3, 0.4) is 0 Å². The van der Waals surface area contributed by atoms with E-state index in [-0.39, 0.29) is 0 Å². The van der Waals surface area contributed by atoms with Crippen molar-refractivity contribution < 1.29 is 8.42 Å². The quantitative estimate of drug-likeness (QED) is 0.888. The van der Waals surface area contributed by atoms with E-state index >= 15 is 0 Å². The molecule has 0 unspecified atom stereocenters. The van der Waals surface area contributed by atoms with Crippen LogP contribution in [-0.4, -0.2) is 26.3 Å². The normalized spacial score (nSPS) is 12.2. The predicted octanol–water partition coefficient (Wildman–Crippen LogP) is 2.13. The third kappa shape index (κ3) is 3.43. The van der Waals surface area contributed by atoms with Gasteiger partial charge in [-0.25, -0.2) is 8.42 Å². The Balaban J connectivity index is 2.16. The average Bonchev–Trinajstić information content (AvgIpc) is 3.00. The van der Waals surface area contributed by atoms with E-state index in [1.165, 1.54) is 15.6 Å². The Morgan fingerprint density at radius 1 is 1.32 bits per heavy atom. The van der Waals surface area contributed by atoms with Crippen LogP contribution in [0.5, 0.6) is 0 Å². The van der Waals surface area contributed by atoms with Gasteiger partial charge in [0.1, 0.15) is 4.21 Å². The van der Waals surface area contributed by atoms with E-state index in [1.54, 1.807) is 24.5 Å². The number of hydrogen-bond donors (Lipinski definition) is 1. The molecule has 2 aromatic rings. The SMILES string of the molecule is CN(Cc1ccsc1)S(=O)(=O)c1ccc(CCN)s1. The van der Waals surface area contributed by atoms with Gasteiger partial charge in [-0.3, -0.25) is 0 Å². The molecule has 0 aliphatic rings.